The van der Waals surface area contributed by atoms with Crippen LogP contribution in [0.4, 0.5) is 0 Å². The van der Waals surface area contributed by atoms with Gasteiger partial charge in [-0.25, -0.2) is 4.79 Å². The van der Waals surface area contributed by atoms with Gasteiger partial charge in [0.2, 0.25) is 0 Å². The van der Waals surface area contributed by atoms with E-state index in [0.29, 0.717) is 24.4 Å². The molecule has 1 amide bonds. The van der Waals surface area contributed by atoms with Gasteiger partial charge in [-0.05, 0) is 86.8 Å². The predicted molar refractivity (Wildman–Crippen MR) is 155 cm³/mol. The molecular formula is C32H38N2O5. The van der Waals surface area contributed by atoms with E-state index in [-0.39, 0.29) is 18.6 Å². The second-order valence-electron chi connectivity index (χ2n) is 9.35. The van der Waals surface area contributed by atoms with Crippen LogP contribution in [0.15, 0.2) is 66.7 Å². The van der Waals surface area contributed by atoms with Gasteiger partial charge in [0.1, 0.15) is 11.5 Å². The maximum absolute atomic E-state index is 13.0. The molecule has 0 aliphatic heterocycles. The van der Waals surface area contributed by atoms with Gasteiger partial charge >= 0.3 is 5.97 Å². The van der Waals surface area contributed by atoms with Crippen LogP contribution in [0.3, 0.4) is 0 Å². The third-order valence-electron chi connectivity index (χ3n) is 6.23. The van der Waals surface area contributed by atoms with E-state index in [1.165, 1.54) is 0 Å². The van der Waals surface area contributed by atoms with E-state index in [2.05, 4.69) is 23.7 Å². The zero-order chi connectivity index (χ0) is 28.5. The molecule has 4 aromatic rings. The molecule has 2 N–H and O–H groups in total. The molecule has 206 valence electrons. The summed E-state index contributed by atoms with van der Waals surface area (Å²) >= 11 is 0. The zero-order valence-electron chi connectivity index (χ0n) is 23.6. The lowest BCUT2D eigenvalue weighted by Gasteiger charge is -2.12. The minimum atomic E-state index is -1.01. The molecule has 0 aliphatic carbocycles. The van der Waals surface area contributed by atoms with Crippen molar-refractivity contribution < 1.29 is 24.2 Å². The molecule has 0 saturated heterocycles. The van der Waals surface area contributed by atoms with Gasteiger partial charge in [-0.1, -0.05) is 38.1 Å². The first-order valence-corrected chi connectivity index (χ1v) is 13.3. The molecule has 0 unspecified atom stereocenters. The number of rotatable bonds is 10. The van der Waals surface area contributed by atoms with Crippen molar-refractivity contribution in [2.45, 2.75) is 60.7 Å². The second kappa shape index (κ2) is 13.5. The number of hydrogen-bond acceptors (Lipinski definition) is 4. The van der Waals surface area contributed by atoms with Gasteiger partial charge in [-0.2, -0.15) is 0 Å². The molecule has 0 saturated carbocycles. The summed E-state index contributed by atoms with van der Waals surface area (Å²) in [6, 6.07) is 20.9. The molecule has 39 heavy (non-hydrogen) atoms. The van der Waals surface area contributed by atoms with Crippen molar-refractivity contribution in [3.05, 3.63) is 94.7 Å². The first-order valence-electron chi connectivity index (χ1n) is 13.3. The first-order chi connectivity index (χ1) is 18.7. The minimum absolute atomic E-state index is 0.0878. The molecule has 7 heteroatoms. The molecule has 7 nitrogen and oxygen atoms in total. The van der Waals surface area contributed by atoms with E-state index in [9.17, 15) is 9.59 Å². The first kappa shape index (κ1) is 29.3. The Hall–Kier alpha value is -4.26. The highest BCUT2D eigenvalue weighted by atomic mass is 16.5. The van der Waals surface area contributed by atoms with Gasteiger partial charge in [0, 0.05) is 35.2 Å². The Morgan fingerprint density at radius 1 is 0.923 bits per heavy atom. The highest BCUT2D eigenvalue weighted by molar-refractivity contribution is 5.99. The monoisotopic (exact) mass is 530 g/mol. The Labute approximate surface area is 230 Å². The lowest BCUT2D eigenvalue weighted by molar-refractivity contribution is -0.139. The fourth-order valence-electron chi connectivity index (χ4n) is 4.34. The Morgan fingerprint density at radius 3 is 2.28 bits per heavy atom. The van der Waals surface area contributed by atoms with Crippen molar-refractivity contribution in [1.82, 2.24) is 9.88 Å². The Kier molecular flexibility index (Phi) is 10.1. The van der Waals surface area contributed by atoms with Crippen molar-refractivity contribution in [2.24, 2.45) is 0 Å². The van der Waals surface area contributed by atoms with Gasteiger partial charge in [-0.3, -0.25) is 4.79 Å². The standard InChI is InChI=1S/C30H32N2O5.C2H6/c1-19(2)37-26-10-5-7-22(13-26)16-31-30(35)24-11-12-28-27(15-24)20(3)21(4)32(28)17-23-8-6-9-25(14-23)36-18-29(33)34;1-2/h5-15,19H,16-18H2,1-4H3,(H,31,35)(H,33,34);1-2H3. The molecule has 0 aliphatic rings. The number of carbonyl (C=O) groups excluding carboxylic acids is 1. The van der Waals surface area contributed by atoms with Crippen LogP contribution >= 0.6 is 0 Å². The molecule has 1 aromatic heterocycles. The lowest BCUT2D eigenvalue weighted by atomic mass is 10.1. The number of nitrogens with zero attached hydrogens (tertiary/aromatic N) is 1. The quantitative estimate of drug-likeness (QED) is 0.244. The number of hydrogen-bond donors (Lipinski definition) is 2. The highest BCUT2D eigenvalue weighted by Crippen LogP contribution is 2.28. The topological polar surface area (TPSA) is 89.8 Å². The number of carboxylic acids is 1. The van der Waals surface area contributed by atoms with E-state index in [1.54, 1.807) is 6.07 Å². The summed E-state index contributed by atoms with van der Waals surface area (Å²) in [5.74, 6) is 0.160. The Morgan fingerprint density at radius 2 is 1.59 bits per heavy atom. The molecule has 0 atom stereocenters. The normalized spacial score (nSPS) is 10.6. The van der Waals surface area contributed by atoms with Crippen LogP contribution in [0, 0.1) is 13.8 Å². The smallest absolute Gasteiger partial charge is 0.341 e. The molecule has 1 heterocycles. The van der Waals surface area contributed by atoms with Crippen molar-refractivity contribution in [3.8, 4) is 11.5 Å². The van der Waals surface area contributed by atoms with Crippen LogP contribution in [0.5, 0.6) is 11.5 Å². The number of fused-ring (bicyclic) bond motifs is 1. The number of aryl methyl sites for hydroxylation is 1. The minimum Gasteiger partial charge on any atom is -0.491 e. The summed E-state index contributed by atoms with van der Waals surface area (Å²) < 4.78 is 13.3. The Bertz CT molecular complexity index is 1440. The summed E-state index contributed by atoms with van der Waals surface area (Å²) in [7, 11) is 0. The zero-order valence-corrected chi connectivity index (χ0v) is 23.6. The number of amides is 1. The summed E-state index contributed by atoms with van der Waals surface area (Å²) in [5, 5.41) is 12.9. The predicted octanol–water partition coefficient (Wildman–Crippen LogP) is 6.51. The van der Waals surface area contributed by atoms with Crippen LogP contribution in [0.1, 0.15) is 60.4 Å². The number of carboxylic acid groups (broad SMARTS) is 1. The summed E-state index contributed by atoms with van der Waals surface area (Å²) in [4.78, 5) is 23.8. The van der Waals surface area contributed by atoms with Gasteiger partial charge in [0.15, 0.2) is 6.61 Å². The number of aliphatic carboxylic acids is 1. The number of carbonyl (C=O) groups is 2. The maximum Gasteiger partial charge on any atom is 0.341 e. The van der Waals surface area contributed by atoms with Gasteiger partial charge in [0.25, 0.3) is 5.91 Å². The molecule has 0 fully saturated rings. The third kappa shape index (κ3) is 7.63. The SMILES string of the molecule is CC.Cc1c(C)n(Cc2cccc(OCC(=O)O)c2)c2ccc(C(=O)NCc3cccc(OC(C)C)c3)cc12. The number of benzene rings is 3. The van der Waals surface area contributed by atoms with Crippen LogP contribution in [0.2, 0.25) is 0 Å². The highest BCUT2D eigenvalue weighted by Gasteiger charge is 2.15. The molecular weight excluding hydrogens is 492 g/mol. The summed E-state index contributed by atoms with van der Waals surface area (Å²) in [6.45, 7) is 12.7. The average molecular weight is 531 g/mol. The van der Waals surface area contributed by atoms with Crippen LogP contribution < -0.4 is 14.8 Å². The van der Waals surface area contributed by atoms with Crippen molar-refractivity contribution in [1.29, 1.82) is 0 Å². The molecule has 0 radical (unpaired) electrons. The molecule has 0 spiro atoms. The fourth-order valence-corrected chi connectivity index (χ4v) is 4.34. The van der Waals surface area contributed by atoms with Crippen LogP contribution in [0.25, 0.3) is 10.9 Å². The average Bonchev–Trinajstić information content (AvgIpc) is 3.16. The molecule has 0 bridgehead atoms. The Balaban J connectivity index is 0.00000205. The lowest BCUT2D eigenvalue weighted by Crippen LogP contribution is -2.22. The van der Waals surface area contributed by atoms with Crippen LogP contribution in [-0.2, 0) is 17.9 Å². The largest absolute Gasteiger partial charge is 0.491 e. The van der Waals surface area contributed by atoms with E-state index in [0.717, 1.165) is 39.0 Å². The summed E-state index contributed by atoms with van der Waals surface area (Å²) in [5.41, 5.74) is 5.81. The van der Waals surface area contributed by atoms with Crippen molar-refractivity contribution in [2.75, 3.05) is 6.61 Å². The molecule has 4 rings (SSSR count). The van der Waals surface area contributed by atoms with E-state index < -0.39 is 5.97 Å². The molecule has 3 aromatic carbocycles. The van der Waals surface area contributed by atoms with Gasteiger partial charge in [-0.15, -0.1) is 0 Å². The van der Waals surface area contributed by atoms with E-state index in [4.69, 9.17) is 14.6 Å². The van der Waals surface area contributed by atoms with Crippen LogP contribution in [-0.4, -0.2) is 34.3 Å². The van der Waals surface area contributed by atoms with Gasteiger partial charge < -0.3 is 24.5 Å². The summed E-state index contributed by atoms with van der Waals surface area (Å²) in [6.07, 6.45) is 0.0878. The van der Waals surface area contributed by atoms with E-state index in [1.807, 2.05) is 88.4 Å². The van der Waals surface area contributed by atoms with Crippen molar-refractivity contribution in [3.63, 3.8) is 0 Å². The number of aromatic nitrogens is 1. The third-order valence-corrected chi connectivity index (χ3v) is 6.23. The number of ether oxygens (including phenoxy) is 2. The van der Waals surface area contributed by atoms with Crippen molar-refractivity contribution >= 4 is 22.8 Å². The number of nitrogens with one attached hydrogen (secondary N) is 1. The maximum atomic E-state index is 13.0. The fraction of sp³-hybridized carbons (Fsp3) is 0.312. The van der Waals surface area contributed by atoms with E-state index >= 15 is 0 Å². The second-order valence-corrected chi connectivity index (χ2v) is 9.35. The van der Waals surface area contributed by atoms with Gasteiger partial charge in [0.05, 0.1) is 6.10 Å².